The predicted octanol–water partition coefficient (Wildman–Crippen LogP) is 7.90. The predicted molar refractivity (Wildman–Crippen MR) is 180 cm³/mol. The van der Waals surface area contributed by atoms with Gasteiger partial charge in [-0.25, -0.2) is 4.98 Å². The summed E-state index contributed by atoms with van der Waals surface area (Å²) in [5.41, 5.74) is -0.580. The van der Waals surface area contributed by atoms with Crippen LogP contribution >= 0.6 is 15.9 Å². The van der Waals surface area contributed by atoms with E-state index in [1.807, 2.05) is 25.1 Å². The quantitative estimate of drug-likeness (QED) is 0.258. The Bertz CT molecular complexity index is 1770. The molecule has 3 aliphatic carbocycles. The molecule has 3 aromatic rings. The number of rotatable bonds is 6. The lowest BCUT2D eigenvalue weighted by Crippen LogP contribution is -2.58. The molecular weight excluding hydrogens is 691 g/mol. The number of esters is 1. The van der Waals surface area contributed by atoms with Crippen molar-refractivity contribution in [2.45, 2.75) is 77.3 Å². The number of nitrogens with one attached hydrogen (secondary N) is 1. The van der Waals surface area contributed by atoms with Gasteiger partial charge in [0.1, 0.15) is 17.2 Å². The van der Waals surface area contributed by atoms with Crippen LogP contribution in [0.2, 0.25) is 0 Å². The third kappa shape index (κ3) is 6.78. The van der Waals surface area contributed by atoms with Gasteiger partial charge >= 0.3 is 12.3 Å². The Morgan fingerprint density at radius 2 is 1.75 bits per heavy atom. The van der Waals surface area contributed by atoms with E-state index in [2.05, 4.69) is 30.9 Å². The monoisotopic (exact) mass is 729 g/mol. The van der Waals surface area contributed by atoms with Crippen LogP contribution in [0.1, 0.15) is 74.4 Å². The summed E-state index contributed by atoms with van der Waals surface area (Å²) in [6.45, 7) is 9.74. The van der Waals surface area contributed by atoms with E-state index in [-0.39, 0.29) is 11.5 Å². The molecule has 1 amide bonds. The molecule has 0 atom stereocenters. The molecule has 1 saturated carbocycles. The first kappa shape index (κ1) is 34.2. The van der Waals surface area contributed by atoms with Crippen molar-refractivity contribution in [3.05, 3.63) is 69.7 Å². The van der Waals surface area contributed by atoms with Gasteiger partial charge in [-0.3, -0.25) is 9.59 Å². The number of pyridine rings is 1. The second-order valence-electron chi connectivity index (χ2n) is 13.8. The zero-order valence-corrected chi connectivity index (χ0v) is 29.0. The maximum Gasteiger partial charge on any atom is 0.573 e. The molecule has 0 radical (unpaired) electrons. The molecule has 0 spiro atoms. The number of halogens is 4. The number of nitrogens with zero attached hydrogens (tertiary/aromatic N) is 2. The zero-order chi connectivity index (χ0) is 34.5. The number of carbonyl (C=O) groups is 2. The minimum Gasteiger partial charge on any atom is -0.459 e. The first-order valence-electron chi connectivity index (χ1n) is 16.2. The topological polar surface area (TPSA) is 90.0 Å². The molecule has 7 rings (SSSR count). The van der Waals surface area contributed by atoms with Gasteiger partial charge in [0.05, 0.1) is 28.6 Å². The molecule has 12 heteroatoms. The van der Waals surface area contributed by atoms with Crippen LogP contribution in [0.3, 0.4) is 0 Å². The SMILES string of the molecule is Cc1c(N2CCCOCC2)nc2ccc(Br)cc2c1C(=O)NC12CCC(C(=O)OC(C)(C)C)(C=C1c1ccccc1OC(F)(F)F)CC2. The number of alkyl halides is 3. The van der Waals surface area contributed by atoms with Gasteiger partial charge in [0, 0.05) is 40.7 Å². The summed E-state index contributed by atoms with van der Waals surface area (Å²) in [5.74, 6) is -0.531. The maximum atomic E-state index is 14.7. The zero-order valence-electron chi connectivity index (χ0n) is 27.4. The molecule has 1 aliphatic heterocycles. The highest BCUT2D eigenvalue weighted by atomic mass is 79.9. The van der Waals surface area contributed by atoms with Crippen molar-refractivity contribution >= 4 is 50.1 Å². The lowest BCUT2D eigenvalue weighted by atomic mass is 9.57. The van der Waals surface area contributed by atoms with Crippen LogP contribution in [0.25, 0.3) is 16.5 Å². The number of anilines is 1. The second kappa shape index (κ2) is 12.7. The van der Waals surface area contributed by atoms with Crippen LogP contribution in [0.15, 0.2) is 53.0 Å². The van der Waals surface area contributed by atoms with E-state index in [9.17, 15) is 22.8 Å². The molecule has 8 nitrogen and oxygen atoms in total. The van der Waals surface area contributed by atoms with Crippen LogP contribution in [-0.4, -0.2) is 60.7 Å². The Morgan fingerprint density at radius 1 is 1.02 bits per heavy atom. The summed E-state index contributed by atoms with van der Waals surface area (Å²) in [5, 5.41) is 3.94. The Hall–Kier alpha value is -3.64. The van der Waals surface area contributed by atoms with Crippen LogP contribution in [0.5, 0.6) is 5.75 Å². The standard InChI is InChI=1S/C36H39BrF3N3O5/c1-22-29(25-20-23(37)10-11-27(25)41-30(22)43-16-7-18-46-19-17-43)31(44)42-35-14-12-34(13-15-35,32(45)48-33(2,3)4)21-26(35)24-8-5-6-9-28(24)47-36(38,39)40/h5-6,8-11,20-21H,7,12-19H2,1-4H3,(H,42,44). The van der Waals surface area contributed by atoms with Gasteiger partial charge in [-0.05, 0) is 89.6 Å². The van der Waals surface area contributed by atoms with Crippen molar-refractivity contribution in [2.24, 2.45) is 5.41 Å². The van der Waals surface area contributed by atoms with Gasteiger partial charge in [0.15, 0.2) is 0 Å². The minimum absolute atomic E-state index is 0.159. The first-order chi connectivity index (χ1) is 22.6. The van der Waals surface area contributed by atoms with E-state index in [0.717, 1.165) is 17.4 Å². The molecule has 2 heterocycles. The average molecular weight is 731 g/mol. The molecule has 1 saturated heterocycles. The third-order valence-electron chi connectivity index (χ3n) is 9.41. The minimum atomic E-state index is -4.95. The Labute approximate surface area is 286 Å². The fourth-order valence-corrected chi connectivity index (χ4v) is 7.54. The molecule has 4 aliphatic rings. The number of fused-ring (bicyclic) bond motifs is 3. The second-order valence-corrected chi connectivity index (χ2v) is 14.8. The normalized spacial score (nSPS) is 23.0. The number of carbonyl (C=O) groups excluding carboxylic acids is 2. The maximum absolute atomic E-state index is 14.7. The van der Waals surface area contributed by atoms with Gasteiger partial charge < -0.3 is 24.4 Å². The Balaban J connectivity index is 1.48. The summed E-state index contributed by atoms with van der Waals surface area (Å²) in [4.78, 5) is 35.5. The molecule has 256 valence electrons. The highest BCUT2D eigenvalue weighted by molar-refractivity contribution is 9.10. The fraction of sp³-hybridized carbons (Fsp3) is 0.472. The third-order valence-corrected chi connectivity index (χ3v) is 9.90. The van der Waals surface area contributed by atoms with Crippen LogP contribution in [0, 0.1) is 12.3 Å². The average Bonchev–Trinajstić information content (AvgIpc) is 3.29. The number of aromatic nitrogens is 1. The summed E-state index contributed by atoms with van der Waals surface area (Å²) < 4.78 is 57.6. The highest BCUT2D eigenvalue weighted by Crippen LogP contribution is 2.56. The molecule has 2 aromatic carbocycles. The van der Waals surface area contributed by atoms with Gasteiger partial charge in [-0.15, -0.1) is 13.2 Å². The Morgan fingerprint density at radius 3 is 2.46 bits per heavy atom. The smallest absolute Gasteiger partial charge is 0.459 e. The fourth-order valence-electron chi connectivity index (χ4n) is 7.18. The molecule has 0 unspecified atom stereocenters. The van der Waals surface area contributed by atoms with E-state index in [1.165, 1.54) is 18.2 Å². The van der Waals surface area contributed by atoms with E-state index in [1.54, 1.807) is 32.9 Å². The number of amides is 1. The Kier molecular flexibility index (Phi) is 9.04. The molecule has 48 heavy (non-hydrogen) atoms. The molecule has 1 N–H and O–H groups in total. The summed E-state index contributed by atoms with van der Waals surface area (Å²) in [6.07, 6.45) is -1.08. The van der Waals surface area contributed by atoms with Gasteiger partial charge in [0.2, 0.25) is 0 Å². The van der Waals surface area contributed by atoms with Crippen molar-refractivity contribution < 1.29 is 37.0 Å². The van der Waals surface area contributed by atoms with E-state index in [4.69, 9.17) is 14.5 Å². The van der Waals surface area contributed by atoms with Crippen molar-refractivity contribution in [3.63, 3.8) is 0 Å². The van der Waals surface area contributed by atoms with E-state index < -0.39 is 34.6 Å². The van der Waals surface area contributed by atoms with Gasteiger partial charge in [-0.1, -0.05) is 40.2 Å². The van der Waals surface area contributed by atoms with Crippen LogP contribution < -0.4 is 15.0 Å². The molecular formula is C36H39BrF3N3O5. The number of benzene rings is 2. The van der Waals surface area contributed by atoms with Crippen molar-refractivity contribution in [1.29, 1.82) is 0 Å². The van der Waals surface area contributed by atoms with Crippen molar-refractivity contribution in [3.8, 4) is 5.75 Å². The van der Waals surface area contributed by atoms with Crippen molar-refractivity contribution in [1.82, 2.24) is 10.3 Å². The summed E-state index contributed by atoms with van der Waals surface area (Å²) >= 11 is 3.54. The van der Waals surface area contributed by atoms with Crippen LogP contribution in [0.4, 0.5) is 19.0 Å². The first-order valence-corrected chi connectivity index (χ1v) is 17.0. The number of hydrogen-bond acceptors (Lipinski definition) is 7. The largest absolute Gasteiger partial charge is 0.573 e. The van der Waals surface area contributed by atoms with Gasteiger partial charge in [-0.2, -0.15) is 0 Å². The van der Waals surface area contributed by atoms with Crippen molar-refractivity contribution in [2.75, 3.05) is 31.2 Å². The molecule has 2 fully saturated rings. The highest BCUT2D eigenvalue weighted by Gasteiger charge is 2.55. The number of ether oxygens (including phenoxy) is 3. The molecule has 1 aromatic heterocycles. The summed E-state index contributed by atoms with van der Waals surface area (Å²) in [6, 6.07) is 11.4. The van der Waals surface area contributed by atoms with E-state index >= 15 is 0 Å². The van der Waals surface area contributed by atoms with E-state index in [0.29, 0.717) is 78.9 Å². The van der Waals surface area contributed by atoms with Crippen LogP contribution in [-0.2, 0) is 14.3 Å². The molecule has 2 bridgehead atoms. The number of para-hydroxylation sites is 1. The van der Waals surface area contributed by atoms with Gasteiger partial charge in [0.25, 0.3) is 5.91 Å². The lowest BCUT2D eigenvalue weighted by molar-refractivity contribution is -0.274. The lowest BCUT2D eigenvalue weighted by Gasteiger charge is -2.52. The summed E-state index contributed by atoms with van der Waals surface area (Å²) in [7, 11) is 0. The number of hydrogen-bond donors (Lipinski definition) is 1.